The lowest BCUT2D eigenvalue weighted by Crippen LogP contribution is -2.50. The van der Waals surface area contributed by atoms with Crippen LogP contribution in [0.4, 0.5) is 0 Å². The molecule has 0 aromatic carbocycles. The molecule has 82 valence electrons. The Morgan fingerprint density at radius 2 is 2.20 bits per heavy atom. The molecule has 0 heterocycles. The minimum absolute atomic E-state index is 0.125. The number of nitrogens with zero attached hydrogens (tertiary/aromatic N) is 1. The Labute approximate surface area is 90.5 Å². The SMILES string of the molecule is CC#CC(=O)N(CC1(O)CCC1)C1CC1. The highest BCUT2D eigenvalue weighted by Crippen LogP contribution is 2.36. The Morgan fingerprint density at radius 3 is 2.60 bits per heavy atom. The predicted octanol–water partition coefficient (Wildman–Crippen LogP) is 0.916. The smallest absolute Gasteiger partial charge is 0.298 e. The molecule has 0 saturated heterocycles. The van der Waals surface area contributed by atoms with E-state index in [0.29, 0.717) is 12.6 Å². The summed E-state index contributed by atoms with van der Waals surface area (Å²) in [7, 11) is 0. The maximum absolute atomic E-state index is 11.7. The van der Waals surface area contributed by atoms with Crippen LogP contribution in [0.1, 0.15) is 39.0 Å². The standard InChI is InChI=1S/C12H17NO2/c1-2-4-11(14)13(10-5-6-10)9-12(15)7-3-8-12/h10,15H,3,5-9H2,1H3. The van der Waals surface area contributed by atoms with Crippen LogP contribution in [0.3, 0.4) is 0 Å². The van der Waals surface area contributed by atoms with Crippen molar-refractivity contribution in [3.8, 4) is 11.8 Å². The van der Waals surface area contributed by atoms with Gasteiger partial charge >= 0.3 is 0 Å². The minimum atomic E-state index is -0.617. The summed E-state index contributed by atoms with van der Waals surface area (Å²) >= 11 is 0. The van der Waals surface area contributed by atoms with Crippen molar-refractivity contribution in [2.45, 2.75) is 50.7 Å². The quantitative estimate of drug-likeness (QED) is 0.699. The number of carbonyl (C=O) groups is 1. The van der Waals surface area contributed by atoms with Crippen molar-refractivity contribution in [1.29, 1.82) is 0 Å². The number of carbonyl (C=O) groups excluding carboxylic acids is 1. The van der Waals surface area contributed by atoms with Crippen molar-refractivity contribution in [3.63, 3.8) is 0 Å². The first-order chi connectivity index (χ1) is 7.14. The van der Waals surface area contributed by atoms with E-state index in [1.54, 1.807) is 11.8 Å². The largest absolute Gasteiger partial charge is 0.388 e. The van der Waals surface area contributed by atoms with Crippen LogP contribution < -0.4 is 0 Å². The normalized spacial score (nSPS) is 22.3. The fourth-order valence-electron chi connectivity index (χ4n) is 1.99. The number of aliphatic hydroxyl groups is 1. The third kappa shape index (κ3) is 2.32. The molecule has 2 saturated carbocycles. The molecule has 2 rings (SSSR count). The summed E-state index contributed by atoms with van der Waals surface area (Å²) in [6, 6.07) is 0.336. The van der Waals surface area contributed by atoms with Crippen molar-refractivity contribution in [2.24, 2.45) is 0 Å². The Hall–Kier alpha value is -1.01. The molecule has 0 unspecified atom stereocenters. The second kappa shape index (κ2) is 3.86. The Morgan fingerprint density at radius 1 is 1.53 bits per heavy atom. The highest BCUT2D eigenvalue weighted by Gasteiger charge is 2.41. The van der Waals surface area contributed by atoms with Crippen LogP contribution in [0.5, 0.6) is 0 Å². The molecule has 2 aliphatic carbocycles. The van der Waals surface area contributed by atoms with Crippen molar-refractivity contribution in [1.82, 2.24) is 4.90 Å². The average Bonchev–Trinajstić information content (AvgIpc) is 2.95. The van der Waals surface area contributed by atoms with Crippen LogP contribution >= 0.6 is 0 Å². The van der Waals surface area contributed by atoms with E-state index in [2.05, 4.69) is 11.8 Å². The molecule has 0 aromatic rings. The third-order valence-corrected chi connectivity index (χ3v) is 3.23. The molecule has 0 spiro atoms. The van der Waals surface area contributed by atoms with Crippen molar-refractivity contribution in [2.75, 3.05) is 6.54 Å². The van der Waals surface area contributed by atoms with Gasteiger partial charge in [-0.3, -0.25) is 4.79 Å². The van der Waals surface area contributed by atoms with E-state index >= 15 is 0 Å². The van der Waals surface area contributed by atoms with E-state index in [-0.39, 0.29) is 5.91 Å². The van der Waals surface area contributed by atoms with Gasteiger partial charge in [-0.1, -0.05) is 5.92 Å². The van der Waals surface area contributed by atoms with Crippen LogP contribution in [0.25, 0.3) is 0 Å². The molecule has 0 aromatic heterocycles. The molecule has 0 bridgehead atoms. The Balaban J connectivity index is 1.98. The molecule has 3 heteroatoms. The summed E-state index contributed by atoms with van der Waals surface area (Å²) in [5.74, 6) is 5.07. The lowest BCUT2D eigenvalue weighted by Gasteiger charge is -2.40. The maximum atomic E-state index is 11.7. The maximum Gasteiger partial charge on any atom is 0.298 e. The lowest BCUT2D eigenvalue weighted by atomic mass is 9.80. The highest BCUT2D eigenvalue weighted by atomic mass is 16.3. The first-order valence-corrected chi connectivity index (χ1v) is 5.60. The van der Waals surface area contributed by atoms with Crippen LogP contribution in [0.15, 0.2) is 0 Å². The molecule has 15 heavy (non-hydrogen) atoms. The van der Waals surface area contributed by atoms with Gasteiger partial charge in [0, 0.05) is 6.04 Å². The topological polar surface area (TPSA) is 40.5 Å². The van der Waals surface area contributed by atoms with E-state index in [0.717, 1.165) is 32.1 Å². The van der Waals surface area contributed by atoms with Gasteiger partial charge in [-0.05, 0) is 44.9 Å². The second-order valence-electron chi connectivity index (χ2n) is 4.62. The molecule has 0 radical (unpaired) electrons. The van der Waals surface area contributed by atoms with Gasteiger partial charge in [-0.2, -0.15) is 0 Å². The van der Waals surface area contributed by atoms with Gasteiger partial charge in [0.1, 0.15) is 0 Å². The van der Waals surface area contributed by atoms with Crippen molar-refractivity contribution in [3.05, 3.63) is 0 Å². The molecule has 2 fully saturated rings. The number of hydrogen-bond acceptors (Lipinski definition) is 2. The van der Waals surface area contributed by atoms with E-state index in [1.807, 2.05) is 0 Å². The van der Waals surface area contributed by atoms with Crippen molar-refractivity contribution >= 4 is 5.91 Å². The number of hydrogen-bond donors (Lipinski definition) is 1. The van der Waals surface area contributed by atoms with E-state index in [9.17, 15) is 9.90 Å². The zero-order chi connectivity index (χ0) is 10.9. The second-order valence-corrected chi connectivity index (χ2v) is 4.62. The Bertz CT molecular complexity index is 318. The summed E-state index contributed by atoms with van der Waals surface area (Å²) in [5.41, 5.74) is -0.617. The molecule has 1 amide bonds. The number of rotatable bonds is 3. The summed E-state index contributed by atoms with van der Waals surface area (Å²) in [6.45, 7) is 2.15. The van der Waals surface area contributed by atoms with Gasteiger partial charge < -0.3 is 10.0 Å². The molecule has 3 nitrogen and oxygen atoms in total. The molecular weight excluding hydrogens is 190 g/mol. The summed E-state index contributed by atoms with van der Waals surface area (Å²) in [5, 5.41) is 10.0. The van der Waals surface area contributed by atoms with Gasteiger partial charge in [-0.15, -0.1) is 0 Å². The average molecular weight is 207 g/mol. The Kier molecular flexibility index (Phi) is 2.70. The predicted molar refractivity (Wildman–Crippen MR) is 57.0 cm³/mol. The van der Waals surface area contributed by atoms with Gasteiger partial charge in [0.25, 0.3) is 5.91 Å². The summed E-state index contributed by atoms with van der Waals surface area (Å²) in [4.78, 5) is 13.4. The van der Waals surface area contributed by atoms with Crippen LogP contribution in [0.2, 0.25) is 0 Å². The van der Waals surface area contributed by atoms with Gasteiger partial charge in [0.2, 0.25) is 0 Å². The van der Waals surface area contributed by atoms with Gasteiger partial charge in [0.15, 0.2) is 0 Å². The van der Waals surface area contributed by atoms with E-state index < -0.39 is 5.60 Å². The fraction of sp³-hybridized carbons (Fsp3) is 0.750. The van der Waals surface area contributed by atoms with Gasteiger partial charge in [0.05, 0.1) is 12.1 Å². The highest BCUT2D eigenvalue weighted by molar-refractivity contribution is 5.93. The van der Waals surface area contributed by atoms with Crippen LogP contribution in [-0.4, -0.2) is 34.1 Å². The molecule has 0 aliphatic heterocycles. The third-order valence-electron chi connectivity index (χ3n) is 3.23. The summed E-state index contributed by atoms with van der Waals surface area (Å²) < 4.78 is 0. The number of amides is 1. The molecule has 2 aliphatic rings. The van der Waals surface area contributed by atoms with E-state index in [4.69, 9.17) is 0 Å². The summed E-state index contributed by atoms with van der Waals surface area (Å²) in [6.07, 6.45) is 4.84. The lowest BCUT2D eigenvalue weighted by molar-refractivity contribution is -0.132. The van der Waals surface area contributed by atoms with E-state index in [1.165, 1.54) is 0 Å². The van der Waals surface area contributed by atoms with Crippen LogP contribution in [0, 0.1) is 11.8 Å². The monoisotopic (exact) mass is 207 g/mol. The van der Waals surface area contributed by atoms with Crippen LogP contribution in [-0.2, 0) is 4.79 Å². The van der Waals surface area contributed by atoms with Gasteiger partial charge in [-0.25, -0.2) is 0 Å². The zero-order valence-corrected chi connectivity index (χ0v) is 9.12. The minimum Gasteiger partial charge on any atom is -0.388 e. The van der Waals surface area contributed by atoms with Crippen molar-refractivity contribution < 1.29 is 9.90 Å². The molecule has 0 atom stereocenters. The molecule has 1 N–H and O–H groups in total. The first kappa shape index (κ1) is 10.5. The fourth-order valence-corrected chi connectivity index (χ4v) is 1.99. The first-order valence-electron chi connectivity index (χ1n) is 5.60. The zero-order valence-electron chi connectivity index (χ0n) is 9.12. The molecular formula is C12H17NO2.